The second-order valence-corrected chi connectivity index (χ2v) is 8.21. The monoisotopic (exact) mass is 475 g/mol. The molecule has 0 heterocycles. The summed E-state index contributed by atoms with van der Waals surface area (Å²) in [6.45, 7) is 4.79. The number of carbonyl (C=O) groups excluding carboxylic acids is 1. The van der Waals surface area contributed by atoms with Crippen molar-refractivity contribution < 1.29 is 28.9 Å². The van der Waals surface area contributed by atoms with Crippen molar-refractivity contribution in [2.45, 2.75) is 32.2 Å². The van der Waals surface area contributed by atoms with E-state index in [1.165, 1.54) is 0 Å². The summed E-state index contributed by atoms with van der Waals surface area (Å²) in [7, 11) is 0. The Hall–Kier alpha value is -4.00. The number of carboxylic acid groups (broad SMARTS) is 1. The predicted molar refractivity (Wildman–Crippen MR) is 132 cm³/mol. The van der Waals surface area contributed by atoms with Gasteiger partial charge in [-0.15, -0.1) is 0 Å². The minimum atomic E-state index is -1.15. The van der Waals surface area contributed by atoms with E-state index >= 15 is 0 Å². The fourth-order valence-electron chi connectivity index (χ4n) is 4.44. The highest BCUT2D eigenvalue weighted by Gasteiger charge is 2.30. The number of ether oxygens (including phenoxy) is 3. The number of alkyl carbamates (subject to hydrolysis) is 1. The summed E-state index contributed by atoms with van der Waals surface area (Å²) in [5.41, 5.74) is 5.13. The molecule has 0 spiro atoms. The molecule has 0 saturated heterocycles. The van der Waals surface area contributed by atoms with Gasteiger partial charge < -0.3 is 24.6 Å². The molecule has 0 radical (unpaired) electrons. The van der Waals surface area contributed by atoms with Crippen LogP contribution in [-0.2, 0) is 16.0 Å². The summed E-state index contributed by atoms with van der Waals surface area (Å²) in [5.74, 6) is -0.117. The summed E-state index contributed by atoms with van der Waals surface area (Å²) in [6.07, 6.45) is -0.693. The third kappa shape index (κ3) is 5.40. The predicted octanol–water partition coefficient (Wildman–Crippen LogP) is 5.02. The Morgan fingerprint density at radius 3 is 2.09 bits per heavy atom. The smallest absolute Gasteiger partial charge is 0.407 e. The number of fused-ring (bicyclic) bond motifs is 3. The van der Waals surface area contributed by atoms with Gasteiger partial charge in [-0.2, -0.15) is 0 Å². The molecule has 3 aromatic rings. The number of nitrogens with one attached hydrogen (secondary N) is 1. The van der Waals surface area contributed by atoms with Crippen LogP contribution in [0.5, 0.6) is 11.5 Å². The Balaban J connectivity index is 1.42. The molecule has 2 N–H and O–H groups in total. The van der Waals surface area contributed by atoms with Crippen LogP contribution in [-0.4, -0.2) is 43.0 Å². The van der Waals surface area contributed by atoms with Crippen molar-refractivity contribution >= 4 is 12.1 Å². The minimum Gasteiger partial charge on any atom is -0.490 e. The van der Waals surface area contributed by atoms with Gasteiger partial charge in [-0.1, -0.05) is 54.6 Å². The molecule has 1 amide bonds. The van der Waals surface area contributed by atoms with Gasteiger partial charge in [-0.3, -0.25) is 0 Å². The molecule has 7 nitrogen and oxygen atoms in total. The largest absolute Gasteiger partial charge is 0.490 e. The van der Waals surface area contributed by atoms with Crippen LogP contribution in [0.25, 0.3) is 11.1 Å². The van der Waals surface area contributed by atoms with Crippen molar-refractivity contribution in [2.75, 3.05) is 19.8 Å². The van der Waals surface area contributed by atoms with E-state index in [-0.39, 0.29) is 18.9 Å². The van der Waals surface area contributed by atoms with E-state index in [1.54, 1.807) is 18.2 Å². The number of rotatable bonds is 10. The lowest BCUT2D eigenvalue weighted by Crippen LogP contribution is -2.42. The van der Waals surface area contributed by atoms with Crippen LogP contribution in [0.2, 0.25) is 0 Å². The van der Waals surface area contributed by atoms with Gasteiger partial charge in [-0.25, -0.2) is 9.59 Å². The van der Waals surface area contributed by atoms with Gasteiger partial charge in [0.25, 0.3) is 0 Å². The second kappa shape index (κ2) is 11.0. The van der Waals surface area contributed by atoms with Gasteiger partial charge >= 0.3 is 12.1 Å². The molecule has 0 fully saturated rings. The first-order valence-corrected chi connectivity index (χ1v) is 11.7. The molecule has 182 valence electrons. The maximum Gasteiger partial charge on any atom is 0.407 e. The molecule has 0 aromatic heterocycles. The fourth-order valence-corrected chi connectivity index (χ4v) is 4.44. The highest BCUT2D eigenvalue weighted by atomic mass is 16.5. The molecule has 4 rings (SSSR count). The molecule has 0 bridgehead atoms. The molecule has 1 aliphatic rings. The van der Waals surface area contributed by atoms with Gasteiger partial charge in [0.15, 0.2) is 11.5 Å². The zero-order chi connectivity index (χ0) is 24.8. The van der Waals surface area contributed by atoms with Crippen LogP contribution >= 0.6 is 0 Å². The van der Waals surface area contributed by atoms with Crippen LogP contribution in [0, 0.1) is 0 Å². The molecule has 1 atom stereocenters. The molecular weight excluding hydrogens is 446 g/mol. The Bertz CT molecular complexity index is 1160. The van der Waals surface area contributed by atoms with Gasteiger partial charge in [-0.05, 0) is 53.8 Å². The first-order chi connectivity index (χ1) is 17.0. The molecule has 3 aromatic carbocycles. The lowest BCUT2D eigenvalue weighted by atomic mass is 9.98. The average molecular weight is 476 g/mol. The fraction of sp³-hybridized carbons (Fsp3) is 0.286. The zero-order valence-electron chi connectivity index (χ0n) is 19.8. The number of benzene rings is 3. The van der Waals surface area contributed by atoms with Crippen molar-refractivity contribution in [2.24, 2.45) is 0 Å². The van der Waals surface area contributed by atoms with Crippen LogP contribution in [0.1, 0.15) is 36.5 Å². The van der Waals surface area contributed by atoms with Gasteiger partial charge in [0.2, 0.25) is 0 Å². The second-order valence-electron chi connectivity index (χ2n) is 8.21. The third-order valence-electron chi connectivity index (χ3n) is 5.98. The summed E-state index contributed by atoms with van der Waals surface area (Å²) in [4.78, 5) is 24.5. The Labute approximate surface area is 204 Å². The number of amides is 1. The van der Waals surface area contributed by atoms with Crippen LogP contribution in [0.3, 0.4) is 0 Å². The molecule has 0 aliphatic heterocycles. The van der Waals surface area contributed by atoms with Gasteiger partial charge in [0, 0.05) is 12.3 Å². The Morgan fingerprint density at radius 2 is 1.49 bits per heavy atom. The number of carbonyl (C=O) groups is 2. The summed E-state index contributed by atoms with van der Waals surface area (Å²) in [6, 6.07) is 20.2. The number of aliphatic carboxylic acids is 1. The molecule has 1 unspecified atom stereocenters. The Morgan fingerprint density at radius 1 is 0.886 bits per heavy atom. The molecule has 1 aliphatic carbocycles. The number of carboxylic acids is 1. The maximum atomic E-state index is 12.6. The van der Waals surface area contributed by atoms with E-state index in [2.05, 4.69) is 17.4 Å². The molecule has 7 heteroatoms. The Kier molecular flexibility index (Phi) is 7.55. The van der Waals surface area contributed by atoms with E-state index < -0.39 is 18.1 Å². The standard InChI is InChI=1S/C28H29NO6/c1-3-33-25-14-13-18(16-26(25)34-4-2)15-24(27(30)31)29-28(32)35-17-23-21-11-7-5-9-19(21)20-10-6-8-12-22(20)23/h5-14,16,23-24H,3-4,15,17H2,1-2H3,(H,29,32)(H,30,31). The zero-order valence-corrected chi connectivity index (χ0v) is 19.8. The third-order valence-corrected chi connectivity index (χ3v) is 5.98. The van der Waals surface area contributed by atoms with Gasteiger partial charge in [0.1, 0.15) is 12.6 Å². The topological polar surface area (TPSA) is 94.1 Å². The number of hydrogen-bond donors (Lipinski definition) is 2. The van der Waals surface area contributed by atoms with Crippen molar-refractivity contribution in [3.8, 4) is 22.6 Å². The lowest BCUT2D eigenvalue weighted by molar-refractivity contribution is -0.139. The van der Waals surface area contributed by atoms with Crippen LogP contribution in [0.15, 0.2) is 66.7 Å². The first kappa shape index (κ1) is 24.1. The highest BCUT2D eigenvalue weighted by molar-refractivity contribution is 5.81. The van der Waals surface area contributed by atoms with E-state index in [9.17, 15) is 14.7 Å². The van der Waals surface area contributed by atoms with Crippen LogP contribution in [0.4, 0.5) is 4.79 Å². The lowest BCUT2D eigenvalue weighted by Gasteiger charge is -2.18. The van der Waals surface area contributed by atoms with Crippen molar-refractivity contribution in [1.82, 2.24) is 5.32 Å². The van der Waals surface area contributed by atoms with Crippen molar-refractivity contribution in [3.05, 3.63) is 83.4 Å². The summed E-state index contributed by atoms with van der Waals surface area (Å²) in [5, 5.41) is 12.2. The SMILES string of the molecule is CCOc1ccc(CC(NC(=O)OCC2c3ccccc3-c3ccccc32)C(=O)O)cc1OCC. The van der Waals surface area contributed by atoms with E-state index in [4.69, 9.17) is 14.2 Å². The maximum absolute atomic E-state index is 12.6. The normalized spacial score (nSPS) is 12.9. The highest BCUT2D eigenvalue weighted by Crippen LogP contribution is 2.44. The molecule has 0 saturated carbocycles. The number of hydrogen-bond acceptors (Lipinski definition) is 5. The first-order valence-electron chi connectivity index (χ1n) is 11.7. The molecule has 35 heavy (non-hydrogen) atoms. The van der Waals surface area contributed by atoms with E-state index in [0.717, 1.165) is 22.3 Å². The van der Waals surface area contributed by atoms with Crippen molar-refractivity contribution in [3.63, 3.8) is 0 Å². The summed E-state index contributed by atoms with van der Waals surface area (Å²) < 4.78 is 16.7. The average Bonchev–Trinajstić information content (AvgIpc) is 3.18. The van der Waals surface area contributed by atoms with E-state index in [1.807, 2.05) is 50.2 Å². The van der Waals surface area contributed by atoms with Gasteiger partial charge in [0.05, 0.1) is 13.2 Å². The quantitative estimate of drug-likeness (QED) is 0.428. The van der Waals surface area contributed by atoms with Crippen molar-refractivity contribution in [1.29, 1.82) is 0 Å². The summed E-state index contributed by atoms with van der Waals surface area (Å²) >= 11 is 0. The van der Waals surface area contributed by atoms with E-state index in [0.29, 0.717) is 30.3 Å². The van der Waals surface area contributed by atoms with Crippen LogP contribution < -0.4 is 14.8 Å². The minimum absolute atomic E-state index is 0.0754. The molecular formula is C28H29NO6.